The molecule has 0 radical (unpaired) electrons. The second-order valence-electron chi connectivity index (χ2n) is 7.19. The van der Waals surface area contributed by atoms with Gasteiger partial charge in [-0.1, -0.05) is 48.5 Å². The van der Waals surface area contributed by atoms with Crippen LogP contribution in [0.25, 0.3) is 6.08 Å². The first kappa shape index (κ1) is 23.9. The topological polar surface area (TPSA) is 101 Å². The van der Waals surface area contributed by atoms with Crippen LogP contribution < -0.4 is 4.74 Å². The summed E-state index contributed by atoms with van der Waals surface area (Å²) in [5.74, 6) is -0.935. The average Bonchev–Trinajstić information content (AvgIpc) is 2.82. The highest BCUT2D eigenvalue weighted by atomic mass is 32.2. The highest BCUT2D eigenvalue weighted by Gasteiger charge is 2.22. The molecule has 0 aromatic heterocycles. The molecule has 0 atom stereocenters. The molecule has 0 saturated carbocycles. The highest BCUT2D eigenvalue weighted by molar-refractivity contribution is 7.89. The third kappa shape index (κ3) is 6.38. The molecule has 0 saturated heterocycles. The lowest BCUT2D eigenvalue weighted by Crippen LogP contribution is -2.32. The molecule has 0 aliphatic heterocycles. The van der Waals surface area contributed by atoms with Gasteiger partial charge < -0.3 is 9.84 Å². The molecule has 8 heteroatoms. The van der Waals surface area contributed by atoms with Crippen LogP contribution in [0.3, 0.4) is 0 Å². The van der Waals surface area contributed by atoms with Gasteiger partial charge in [-0.25, -0.2) is 8.42 Å². The van der Waals surface area contributed by atoms with Gasteiger partial charge in [-0.15, -0.1) is 0 Å². The molecule has 170 valence electrons. The van der Waals surface area contributed by atoms with E-state index in [0.717, 1.165) is 15.4 Å². The number of sulfonamides is 1. The van der Waals surface area contributed by atoms with Crippen LogP contribution in [0, 0.1) is 0 Å². The molecular weight excluding hydrogens is 442 g/mol. The molecule has 7 nitrogen and oxygen atoms in total. The standard InChI is InChI=1S/C25H23NO6S/c1-26(17-25(28)29)33(30,31)22-14-11-20(12-15-22)23(27)16-13-21-9-5-6-10-24(21)32-18-19-7-3-2-4-8-19/h2-16H,17-18H2,1H3,(H,28,29)/b16-13+. The Balaban J connectivity index is 1.70. The number of ether oxygens (including phenoxy) is 1. The summed E-state index contributed by atoms with van der Waals surface area (Å²) in [5, 5.41) is 8.81. The number of hydrogen-bond donors (Lipinski definition) is 1. The van der Waals surface area contributed by atoms with Crippen LogP contribution in [-0.4, -0.2) is 43.2 Å². The second-order valence-corrected chi connectivity index (χ2v) is 9.23. The Bertz CT molecular complexity index is 1250. The Kier molecular flexibility index (Phi) is 7.76. The zero-order valence-electron chi connectivity index (χ0n) is 17.9. The molecule has 3 rings (SSSR count). The van der Waals surface area contributed by atoms with Crippen LogP contribution in [0.5, 0.6) is 5.75 Å². The predicted molar refractivity (Wildman–Crippen MR) is 124 cm³/mol. The Morgan fingerprint density at radius 2 is 1.58 bits per heavy atom. The lowest BCUT2D eigenvalue weighted by Gasteiger charge is -2.14. The number of carboxylic acid groups (broad SMARTS) is 1. The van der Waals surface area contributed by atoms with Gasteiger partial charge in [0.25, 0.3) is 0 Å². The largest absolute Gasteiger partial charge is 0.488 e. The van der Waals surface area contributed by atoms with Crippen LogP contribution in [0.1, 0.15) is 21.5 Å². The summed E-state index contributed by atoms with van der Waals surface area (Å²) >= 11 is 0. The van der Waals surface area contributed by atoms with Gasteiger partial charge in [-0.05, 0) is 48.0 Å². The van der Waals surface area contributed by atoms with E-state index in [1.54, 1.807) is 6.08 Å². The van der Waals surface area contributed by atoms with Gasteiger partial charge in [0.2, 0.25) is 10.0 Å². The van der Waals surface area contributed by atoms with E-state index in [0.29, 0.717) is 17.9 Å². The number of likely N-dealkylation sites (N-methyl/N-ethyl adjacent to an activating group) is 1. The van der Waals surface area contributed by atoms with E-state index in [4.69, 9.17) is 9.84 Å². The predicted octanol–water partition coefficient (Wildman–Crippen LogP) is 3.87. The van der Waals surface area contributed by atoms with Crippen molar-refractivity contribution in [2.24, 2.45) is 0 Å². The number of aliphatic carboxylic acids is 1. The fraction of sp³-hybridized carbons (Fsp3) is 0.120. The van der Waals surface area contributed by atoms with Crippen LogP contribution >= 0.6 is 0 Å². The summed E-state index contributed by atoms with van der Waals surface area (Å²) in [6.07, 6.45) is 3.04. The number of ketones is 1. The van der Waals surface area contributed by atoms with Crippen molar-refractivity contribution in [2.75, 3.05) is 13.6 Å². The Morgan fingerprint density at radius 3 is 2.24 bits per heavy atom. The van der Waals surface area contributed by atoms with Crippen LogP contribution in [-0.2, 0) is 21.4 Å². The first-order valence-electron chi connectivity index (χ1n) is 10.0. The van der Waals surface area contributed by atoms with Crippen molar-refractivity contribution in [3.63, 3.8) is 0 Å². The van der Waals surface area contributed by atoms with Crippen molar-refractivity contribution in [2.45, 2.75) is 11.5 Å². The lowest BCUT2D eigenvalue weighted by atomic mass is 10.1. The van der Waals surface area contributed by atoms with E-state index < -0.39 is 22.5 Å². The molecule has 3 aromatic carbocycles. The van der Waals surface area contributed by atoms with E-state index >= 15 is 0 Å². The summed E-state index contributed by atoms with van der Waals surface area (Å²) in [6.45, 7) is -0.261. The quantitative estimate of drug-likeness (QED) is 0.360. The second kappa shape index (κ2) is 10.7. The molecule has 1 N–H and O–H groups in total. The van der Waals surface area contributed by atoms with E-state index in [1.807, 2.05) is 54.6 Å². The molecule has 0 spiro atoms. The third-order valence-corrected chi connectivity index (χ3v) is 6.59. The summed E-state index contributed by atoms with van der Waals surface area (Å²) in [4.78, 5) is 23.3. The number of benzene rings is 3. The smallest absolute Gasteiger partial charge is 0.318 e. The number of carbonyl (C=O) groups excluding carboxylic acids is 1. The fourth-order valence-electron chi connectivity index (χ4n) is 2.99. The summed E-state index contributed by atoms with van der Waals surface area (Å²) in [6, 6.07) is 22.4. The molecule has 3 aromatic rings. The first-order valence-corrected chi connectivity index (χ1v) is 11.5. The molecule has 0 aliphatic rings. The minimum atomic E-state index is -3.96. The summed E-state index contributed by atoms with van der Waals surface area (Å²) in [5.41, 5.74) is 2.06. The number of allylic oxidation sites excluding steroid dienone is 1. The summed E-state index contributed by atoms with van der Waals surface area (Å²) < 4.78 is 31.4. The molecule has 0 aliphatic carbocycles. The SMILES string of the molecule is CN(CC(=O)O)S(=O)(=O)c1ccc(C(=O)/C=C/c2ccccc2OCc2ccccc2)cc1. The number of para-hydroxylation sites is 1. The van der Waals surface area contributed by atoms with Crippen molar-refractivity contribution < 1.29 is 27.9 Å². The zero-order valence-corrected chi connectivity index (χ0v) is 18.7. The van der Waals surface area contributed by atoms with Gasteiger partial charge >= 0.3 is 5.97 Å². The van der Waals surface area contributed by atoms with Gasteiger partial charge in [0.15, 0.2) is 5.78 Å². The Labute approximate surface area is 192 Å². The van der Waals surface area contributed by atoms with Gasteiger partial charge in [-0.3, -0.25) is 9.59 Å². The Hall–Kier alpha value is -3.75. The van der Waals surface area contributed by atoms with Crippen molar-refractivity contribution >= 4 is 27.9 Å². The monoisotopic (exact) mass is 465 g/mol. The highest BCUT2D eigenvalue weighted by Crippen LogP contribution is 2.22. The molecule has 0 heterocycles. The maximum absolute atomic E-state index is 12.6. The van der Waals surface area contributed by atoms with Crippen LogP contribution in [0.4, 0.5) is 0 Å². The maximum Gasteiger partial charge on any atom is 0.318 e. The molecule has 33 heavy (non-hydrogen) atoms. The molecule has 0 bridgehead atoms. The van der Waals surface area contributed by atoms with E-state index in [9.17, 15) is 18.0 Å². The molecular formula is C25H23NO6S. The number of rotatable bonds is 10. The van der Waals surface area contributed by atoms with Gasteiger partial charge in [0.1, 0.15) is 18.9 Å². The van der Waals surface area contributed by atoms with Gasteiger partial charge in [-0.2, -0.15) is 4.31 Å². The van der Waals surface area contributed by atoms with Crippen molar-refractivity contribution in [1.29, 1.82) is 0 Å². The van der Waals surface area contributed by atoms with E-state index in [1.165, 1.54) is 37.4 Å². The third-order valence-electron chi connectivity index (χ3n) is 4.78. The first-order chi connectivity index (χ1) is 15.8. The maximum atomic E-state index is 12.6. The Morgan fingerprint density at radius 1 is 0.939 bits per heavy atom. The van der Waals surface area contributed by atoms with Gasteiger partial charge in [0.05, 0.1) is 4.90 Å². The van der Waals surface area contributed by atoms with Crippen LogP contribution in [0.2, 0.25) is 0 Å². The van der Waals surface area contributed by atoms with Crippen molar-refractivity contribution in [3.8, 4) is 5.75 Å². The normalized spacial score (nSPS) is 11.6. The van der Waals surface area contributed by atoms with E-state index in [2.05, 4.69) is 0 Å². The van der Waals surface area contributed by atoms with Crippen molar-refractivity contribution in [3.05, 3.63) is 102 Å². The number of carbonyl (C=O) groups is 2. The molecule has 0 unspecified atom stereocenters. The van der Waals surface area contributed by atoms with Crippen molar-refractivity contribution in [1.82, 2.24) is 4.31 Å². The number of nitrogens with zero attached hydrogens (tertiary/aromatic N) is 1. The van der Waals surface area contributed by atoms with Gasteiger partial charge in [0, 0.05) is 18.2 Å². The van der Waals surface area contributed by atoms with Crippen LogP contribution in [0.15, 0.2) is 89.8 Å². The minimum absolute atomic E-state index is 0.0913. The lowest BCUT2D eigenvalue weighted by molar-refractivity contribution is -0.137. The minimum Gasteiger partial charge on any atom is -0.488 e. The average molecular weight is 466 g/mol. The zero-order chi connectivity index (χ0) is 23.8. The summed E-state index contributed by atoms with van der Waals surface area (Å²) in [7, 11) is -2.78. The molecule has 0 fully saturated rings. The van der Waals surface area contributed by atoms with E-state index in [-0.39, 0.29) is 10.7 Å². The fourth-order valence-corrected chi connectivity index (χ4v) is 4.11. The number of carboxylic acids is 1. The number of hydrogen-bond acceptors (Lipinski definition) is 5. The molecule has 0 amide bonds.